The lowest BCUT2D eigenvalue weighted by Gasteiger charge is -2.17. The smallest absolute Gasteiger partial charge is 0.316 e. The molecule has 1 aromatic rings. The molecule has 156 valence electrons. The first-order chi connectivity index (χ1) is 14.1. The average molecular weight is 415 g/mol. The van der Waals surface area contributed by atoms with Gasteiger partial charge in [-0.25, -0.2) is 9.00 Å². The Labute approximate surface area is 174 Å². The predicted molar refractivity (Wildman–Crippen MR) is 118 cm³/mol. The van der Waals surface area contributed by atoms with E-state index in [0.717, 1.165) is 69.4 Å². The van der Waals surface area contributed by atoms with E-state index in [-0.39, 0.29) is 0 Å². The SMILES string of the molecule is CCNCC1C=C(N/[SH](=O)=N\C(=O)Nc2c3c(cc4c2CCC4)CCC3)C=CC1. The minimum Gasteiger partial charge on any atom is -0.316 e. The summed E-state index contributed by atoms with van der Waals surface area (Å²) >= 11 is 0. The number of benzene rings is 1. The zero-order valence-electron chi connectivity index (χ0n) is 17.0. The van der Waals surface area contributed by atoms with E-state index in [1.807, 2.05) is 6.08 Å². The van der Waals surface area contributed by atoms with Crippen LogP contribution in [0.2, 0.25) is 0 Å². The molecule has 0 aliphatic heterocycles. The van der Waals surface area contributed by atoms with E-state index in [4.69, 9.17) is 0 Å². The van der Waals surface area contributed by atoms with E-state index in [1.54, 1.807) is 0 Å². The van der Waals surface area contributed by atoms with Gasteiger partial charge >= 0.3 is 6.03 Å². The number of fused-ring (bicyclic) bond motifs is 2. The molecule has 0 saturated carbocycles. The van der Waals surface area contributed by atoms with Gasteiger partial charge in [-0.1, -0.05) is 25.1 Å². The Kier molecular flexibility index (Phi) is 6.35. The van der Waals surface area contributed by atoms with Gasteiger partial charge in [-0.15, -0.1) is 4.36 Å². The molecule has 2 amide bonds. The number of nitrogens with zero attached hydrogens (tertiary/aromatic N) is 1. The molecule has 0 heterocycles. The number of nitrogens with one attached hydrogen (secondary N) is 3. The molecule has 0 saturated heterocycles. The summed E-state index contributed by atoms with van der Waals surface area (Å²) in [6.07, 6.45) is 13.4. The summed E-state index contributed by atoms with van der Waals surface area (Å²) in [6.45, 7) is 3.88. The van der Waals surface area contributed by atoms with E-state index < -0.39 is 16.8 Å². The second-order valence-electron chi connectivity index (χ2n) is 7.98. The molecule has 3 N–H and O–H groups in total. The Morgan fingerprint density at radius 1 is 1.17 bits per heavy atom. The van der Waals surface area contributed by atoms with Gasteiger partial charge in [0, 0.05) is 17.9 Å². The number of urea groups is 1. The molecule has 2 unspecified atom stereocenters. The van der Waals surface area contributed by atoms with E-state index in [0.29, 0.717) is 5.92 Å². The third kappa shape index (κ3) is 4.73. The molecule has 4 rings (SSSR count). The van der Waals surface area contributed by atoms with Crippen molar-refractivity contribution in [2.45, 2.75) is 51.9 Å². The molecule has 6 nitrogen and oxygen atoms in total. The number of anilines is 1. The molecule has 1 aromatic carbocycles. The van der Waals surface area contributed by atoms with Crippen molar-refractivity contribution in [3.05, 3.63) is 52.2 Å². The molecule has 29 heavy (non-hydrogen) atoms. The fraction of sp³-hybridized carbons (Fsp3) is 0.500. The second kappa shape index (κ2) is 9.13. The van der Waals surface area contributed by atoms with Crippen LogP contribution in [0, 0.1) is 5.92 Å². The van der Waals surface area contributed by atoms with Crippen LogP contribution in [0.5, 0.6) is 0 Å². The quantitative estimate of drug-likeness (QED) is 0.538. The minimum atomic E-state index is -2.21. The van der Waals surface area contributed by atoms with E-state index >= 15 is 0 Å². The zero-order valence-corrected chi connectivity index (χ0v) is 17.9. The molecule has 3 aliphatic carbocycles. The topological polar surface area (TPSA) is 82.6 Å². The van der Waals surface area contributed by atoms with Crippen molar-refractivity contribution in [3.63, 3.8) is 0 Å². The highest BCUT2D eigenvalue weighted by Gasteiger charge is 2.24. The largest absolute Gasteiger partial charge is 0.354 e. The molecule has 0 bridgehead atoms. The van der Waals surface area contributed by atoms with Crippen LogP contribution in [0.3, 0.4) is 0 Å². The number of aryl methyl sites for hydroxylation is 2. The van der Waals surface area contributed by atoms with Crippen LogP contribution in [-0.2, 0) is 36.5 Å². The van der Waals surface area contributed by atoms with Crippen LogP contribution in [0.1, 0.15) is 48.4 Å². The third-order valence-electron chi connectivity index (χ3n) is 5.92. The summed E-state index contributed by atoms with van der Waals surface area (Å²) in [4.78, 5) is 12.5. The molecular weight excluding hydrogens is 384 g/mol. The monoisotopic (exact) mass is 414 g/mol. The normalized spacial score (nSPS) is 20.9. The van der Waals surface area contributed by atoms with Crippen molar-refractivity contribution < 1.29 is 9.00 Å². The van der Waals surface area contributed by atoms with Gasteiger partial charge in [0.05, 0.1) is 0 Å². The van der Waals surface area contributed by atoms with Crippen LogP contribution >= 0.6 is 0 Å². The lowest BCUT2D eigenvalue weighted by Crippen LogP contribution is -2.24. The first-order valence-corrected chi connectivity index (χ1v) is 11.9. The number of thiol groups is 1. The van der Waals surface area contributed by atoms with Gasteiger partial charge < -0.3 is 15.4 Å². The Balaban J connectivity index is 1.45. The van der Waals surface area contributed by atoms with Crippen LogP contribution < -0.4 is 15.4 Å². The summed E-state index contributed by atoms with van der Waals surface area (Å²) in [7, 11) is -2.21. The third-order valence-corrected chi connectivity index (χ3v) is 6.73. The minimum absolute atomic E-state index is 0.356. The number of allylic oxidation sites excluding steroid dienone is 2. The first-order valence-electron chi connectivity index (χ1n) is 10.7. The first kappa shape index (κ1) is 20.2. The van der Waals surface area contributed by atoms with Crippen molar-refractivity contribution >= 4 is 22.5 Å². The van der Waals surface area contributed by atoms with Crippen molar-refractivity contribution in [2.75, 3.05) is 18.4 Å². The summed E-state index contributed by atoms with van der Waals surface area (Å²) in [5, 5.41) is 6.30. The van der Waals surface area contributed by atoms with Crippen molar-refractivity contribution in [1.29, 1.82) is 0 Å². The predicted octanol–water partition coefficient (Wildman–Crippen LogP) is 3.43. The van der Waals surface area contributed by atoms with Gasteiger partial charge in [-0.3, -0.25) is 0 Å². The standard InChI is InChI=1S/C22H30N4O2S/c1-2-23-14-15-6-3-9-18(12-15)25-29(28)26-22(27)24-21-19-10-4-7-16(19)13-17-8-5-11-20(17)21/h3,9,12-13,15,23,29H,2,4-8,10-11,14H2,1H3,(H2,24,25,26,27,28). The van der Waals surface area contributed by atoms with Crippen LogP contribution in [0.15, 0.2) is 34.4 Å². The Bertz CT molecular complexity index is 912. The fourth-order valence-corrected chi connectivity index (χ4v) is 5.25. The van der Waals surface area contributed by atoms with Gasteiger partial charge in [-0.05, 0) is 85.7 Å². The van der Waals surface area contributed by atoms with Gasteiger partial charge in [0.15, 0.2) is 0 Å². The highest BCUT2D eigenvalue weighted by atomic mass is 32.2. The highest BCUT2D eigenvalue weighted by Crippen LogP contribution is 2.38. The number of rotatable bonds is 6. The van der Waals surface area contributed by atoms with Gasteiger partial charge in [0.1, 0.15) is 10.8 Å². The summed E-state index contributed by atoms with van der Waals surface area (Å²) in [5.74, 6) is 0.356. The summed E-state index contributed by atoms with van der Waals surface area (Å²) in [6, 6.07) is 1.79. The van der Waals surface area contributed by atoms with Crippen LogP contribution in [0.25, 0.3) is 0 Å². The number of amides is 2. The van der Waals surface area contributed by atoms with E-state index in [1.165, 1.54) is 22.3 Å². The molecule has 0 fully saturated rings. The summed E-state index contributed by atoms with van der Waals surface area (Å²) < 4.78 is 19.2. The van der Waals surface area contributed by atoms with Crippen molar-refractivity contribution in [2.24, 2.45) is 10.3 Å². The van der Waals surface area contributed by atoms with Crippen LogP contribution in [0.4, 0.5) is 10.5 Å². The molecule has 0 aromatic heterocycles. The van der Waals surface area contributed by atoms with E-state index in [9.17, 15) is 9.00 Å². The maximum atomic E-state index is 12.5. The maximum absolute atomic E-state index is 12.5. The molecule has 0 spiro atoms. The molecule has 2 atom stereocenters. The molecular formula is C22H30N4O2S. The van der Waals surface area contributed by atoms with Crippen LogP contribution in [-0.4, -0.2) is 23.3 Å². The van der Waals surface area contributed by atoms with Gasteiger partial charge in [0.2, 0.25) is 0 Å². The second-order valence-corrected chi connectivity index (χ2v) is 8.95. The lowest BCUT2D eigenvalue weighted by molar-refractivity contribution is 0.260. The molecule has 3 aliphatic rings. The highest BCUT2D eigenvalue weighted by molar-refractivity contribution is 7.73. The van der Waals surface area contributed by atoms with Crippen molar-refractivity contribution in [3.8, 4) is 0 Å². The Morgan fingerprint density at radius 2 is 1.90 bits per heavy atom. The Hall–Kier alpha value is -2.12. The zero-order chi connectivity index (χ0) is 20.2. The maximum Gasteiger partial charge on any atom is 0.354 e. The number of carbonyl (C=O) groups excluding carboxylic acids is 1. The molecule has 7 heteroatoms. The lowest BCUT2D eigenvalue weighted by atomic mass is 9.99. The number of hydrogen-bond donors (Lipinski definition) is 4. The Morgan fingerprint density at radius 3 is 2.59 bits per heavy atom. The van der Waals surface area contributed by atoms with Gasteiger partial charge in [0.25, 0.3) is 0 Å². The number of carbonyl (C=O) groups is 1. The molecule has 0 radical (unpaired) electrons. The van der Waals surface area contributed by atoms with Crippen molar-refractivity contribution in [1.82, 2.24) is 10.0 Å². The van der Waals surface area contributed by atoms with E-state index in [2.05, 4.69) is 44.9 Å². The number of hydrogen-bond acceptors (Lipinski definition) is 3. The summed E-state index contributed by atoms with van der Waals surface area (Å²) in [5.41, 5.74) is 6.91. The van der Waals surface area contributed by atoms with Gasteiger partial charge in [-0.2, -0.15) is 0 Å². The average Bonchev–Trinajstić information content (AvgIpc) is 3.35. The fourth-order valence-electron chi connectivity index (χ4n) is 4.61.